The molecule has 1 N–H and O–H groups in total. The number of aliphatic hydroxyl groups excluding tert-OH is 1. The van der Waals surface area contributed by atoms with Gasteiger partial charge in [0, 0.05) is 32.7 Å². The summed E-state index contributed by atoms with van der Waals surface area (Å²) in [4.78, 5) is 15.3. The first-order valence-electron chi connectivity index (χ1n) is 15.7. The fourth-order valence-corrected chi connectivity index (χ4v) is 5.70. The Labute approximate surface area is 258 Å². The predicted octanol–water partition coefficient (Wildman–Crippen LogP) is 8.36. The SMILES string of the molecule is C#CC.CC1=C(CCN2CCC(N(C)C=O)CC2)C(C)(C)CCC1.CC1=CC=CC(CO)=CC1.CC1=CC=CC=CC1. The Hall–Kier alpha value is -2.87. The number of rotatable bonds is 6. The zero-order valence-corrected chi connectivity index (χ0v) is 27.7. The van der Waals surface area contributed by atoms with Gasteiger partial charge in [0.05, 0.1) is 6.61 Å². The largest absolute Gasteiger partial charge is 0.392 e. The molecule has 1 heterocycles. The van der Waals surface area contributed by atoms with Crippen molar-refractivity contribution >= 4 is 6.41 Å². The molecule has 42 heavy (non-hydrogen) atoms. The molecule has 1 saturated heterocycles. The molecule has 0 aromatic rings. The van der Waals surface area contributed by atoms with E-state index in [2.05, 4.69) is 94.4 Å². The lowest BCUT2D eigenvalue weighted by molar-refractivity contribution is -0.119. The standard InChI is InChI=1S/C18H32N2O.C9H12O.C8H10.C3H4/c1-15-6-5-10-18(2,3)17(15)9-13-20-11-7-16(8-12-20)19(4)14-21;1-8-3-2-4-9(7-10)6-5-8;1-8-6-4-2-3-5-7-8;1-3-2/h14,16H,5-13H2,1-4H3;2-4,6,10H,5,7H2,1H3;2-6H,7H2,1H3;1H,2H3. The quantitative estimate of drug-likeness (QED) is 0.197. The second kappa shape index (κ2) is 20.9. The van der Waals surface area contributed by atoms with Gasteiger partial charge in [-0.15, -0.1) is 12.3 Å². The van der Waals surface area contributed by atoms with E-state index >= 15 is 0 Å². The molecule has 0 spiro atoms. The zero-order valence-electron chi connectivity index (χ0n) is 27.7. The third-order valence-corrected chi connectivity index (χ3v) is 8.40. The first-order valence-corrected chi connectivity index (χ1v) is 15.7. The van der Waals surface area contributed by atoms with Crippen molar-refractivity contribution in [3.05, 3.63) is 82.5 Å². The lowest BCUT2D eigenvalue weighted by Crippen LogP contribution is -2.43. The first kappa shape index (κ1) is 37.2. The van der Waals surface area contributed by atoms with E-state index in [-0.39, 0.29) is 6.61 Å². The van der Waals surface area contributed by atoms with Gasteiger partial charge in [0.15, 0.2) is 0 Å². The molecule has 0 aromatic carbocycles. The number of carbonyl (C=O) groups excluding carboxylic acids is 1. The van der Waals surface area contributed by atoms with Gasteiger partial charge in [-0.2, -0.15) is 0 Å². The second-order valence-corrected chi connectivity index (χ2v) is 12.4. The molecule has 4 aliphatic rings. The van der Waals surface area contributed by atoms with E-state index in [0.717, 1.165) is 50.8 Å². The molecular formula is C38H58N2O2. The number of terminal acetylenes is 1. The van der Waals surface area contributed by atoms with Gasteiger partial charge in [0.2, 0.25) is 6.41 Å². The Balaban J connectivity index is 0.000000346. The van der Waals surface area contributed by atoms with Crippen LogP contribution in [0.3, 0.4) is 0 Å². The van der Waals surface area contributed by atoms with Crippen LogP contribution < -0.4 is 0 Å². The molecule has 0 atom stereocenters. The van der Waals surface area contributed by atoms with E-state index in [0.29, 0.717) is 11.5 Å². The first-order chi connectivity index (χ1) is 20.1. The maximum Gasteiger partial charge on any atom is 0.209 e. The molecule has 0 aromatic heterocycles. The van der Waals surface area contributed by atoms with E-state index in [1.165, 1.54) is 43.4 Å². The third kappa shape index (κ3) is 14.9. The van der Waals surface area contributed by atoms with Crippen LogP contribution in [-0.4, -0.2) is 60.6 Å². The molecule has 4 nitrogen and oxygen atoms in total. The van der Waals surface area contributed by atoms with Crippen LogP contribution in [0.15, 0.2) is 82.5 Å². The highest BCUT2D eigenvalue weighted by molar-refractivity contribution is 5.47. The minimum absolute atomic E-state index is 0.150. The molecule has 0 bridgehead atoms. The fraction of sp³-hybridized carbons (Fsp3) is 0.553. The van der Waals surface area contributed by atoms with E-state index in [4.69, 9.17) is 5.11 Å². The summed E-state index contributed by atoms with van der Waals surface area (Å²) < 4.78 is 0. The van der Waals surface area contributed by atoms with Gasteiger partial charge >= 0.3 is 0 Å². The molecule has 0 radical (unpaired) electrons. The molecule has 1 aliphatic heterocycles. The van der Waals surface area contributed by atoms with Crippen LogP contribution in [0.4, 0.5) is 0 Å². The molecule has 3 aliphatic carbocycles. The highest BCUT2D eigenvalue weighted by Gasteiger charge is 2.29. The highest BCUT2D eigenvalue weighted by Crippen LogP contribution is 2.41. The summed E-state index contributed by atoms with van der Waals surface area (Å²) in [6.07, 6.45) is 33.6. The Morgan fingerprint density at radius 1 is 1.07 bits per heavy atom. The molecule has 232 valence electrons. The van der Waals surface area contributed by atoms with E-state index in [1.807, 2.05) is 24.1 Å². The summed E-state index contributed by atoms with van der Waals surface area (Å²) in [5, 5.41) is 8.76. The number of allylic oxidation sites excluding steroid dienone is 11. The van der Waals surface area contributed by atoms with Crippen LogP contribution in [0.2, 0.25) is 0 Å². The summed E-state index contributed by atoms with van der Waals surface area (Å²) in [5.41, 5.74) is 7.52. The maximum absolute atomic E-state index is 10.8. The van der Waals surface area contributed by atoms with Crippen LogP contribution in [0.25, 0.3) is 0 Å². The number of amides is 1. The summed E-state index contributed by atoms with van der Waals surface area (Å²) in [6.45, 7) is 16.6. The third-order valence-electron chi connectivity index (χ3n) is 8.40. The Morgan fingerprint density at radius 3 is 2.33 bits per heavy atom. The van der Waals surface area contributed by atoms with Crippen molar-refractivity contribution in [1.29, 1.82) is 0 Å². The van der Waals surface area contributed by atoms with Crippen molar-refractivity contribution in [2.24, 2.45) is 5.41 Å². The lowest BCUT2D eigenvalue weighted by Gasteiger charge is -2.38. The number of hydrogen-bond acceptors (Lipinski definition) is 3. The van der Waals surface area contributed by atoms with Gasteiger partial charge < -0.3 is 14.9 Å². The van der Waals surface area contributed by atoms with E-state index < -0.39 is 0 Å². The highest BCUT2D eigenvalue weighted by atomic mass is 16.3. The van der Waals surface area contributed by atoms with Crippen molar-refractivity contribution in [2.45, 2.75) is 99.0 Å². The molecule has 0 unspecified atom stereocenters. The van der Waals surface area contributed by atoms with Crippen molar-refractivity contribution in [3.63, 3.8) is 0 Å². The molecular weight excluding hydrogens is 516 g/mol. The average Bonchev–Trinajstić information content (AvgIpc) is 3.35. The van der Waals surface area contributed by atoms with E-state index in [1.54, 1.807) is 18.1 Å². The average molecular weight is 575 g/mol. The Morgan fingerprint density at radius 2 is 1.71 bits per heavy atom. The van der Waals surface area contributed by atoms with Gasteiger partial charge in [0.1, 0.15) is 0 Å². The number of aliphatic hydroxyl groups is 1. The van der Waals surface area contributed by atoms with Crippen LogP contribution in [0, 0.1) is 17.8 Å². The molecule has 1 fully saturated rings. The normalized spacial score (nSPS) is 19.9. The monoisotopic (exact) mass is 574 g/mol. The predicted molar refractivity (Wildman–Crippen MR) is 182 cm³/mol. The zero-order chi connectivity index (χ0) is 31.4. The number of carbonyl (C=O) groups is 1. The van der Waals surface area contributed by atoms with E-state index in [9.17, 15) is 4.79 Å². The topological polar surface area (TPSA) is 43.8 Å². The molecule has 0 saturated carbocycles. The number of piperidine rings is 1. The Bertz CT molecular complexity index is 1070. The minimum atomic E-state index is 0.150. The lowest BCUT2D eigenvalue weighted by atomic mass is 9.71. The number of hydrogen-bond donors (Lipinski definition) is 1. The molecule has 4 heteroatoms. The van der Waals surface area contributed by atoms with Crippen LogP contribution in [-0.2, 0) is 4.79 Å². The number of likely N-dealkylation sites (tertiary alicyclic amines) is 1. The summed E-state index contributed by atoms with van der Waals surface area (Å²) in [6, 6.07) is 0.450. The van der Waals surface area contributed by atoms with Crippen LogP contribution in [0.5, 0.6) is 0 Å². The smallest absolute Gasteiger partial charge is 0.209 e. The van der Waals surface area contributed by atoms with Crippen molar-refractivity contribution in [3.8, 4) is 12.3 Å². The number of nitrogens with zero attached hydrogens (tertiary/aromatic N) is 2. The van der Waals surface area contributed by atoms with Gasteiger partial charge in [-0.3, -0.25) is 4.79 Å². The fourth-order valence-electron chi connectivity index (χ4n) is 5.70. The second-order valence-electron chi connectivity index (χ2n) is 12.4. The van der Waals surface area contributed by atoms with Crippen LogP contribution in [0.1, 0.15) is 92.9 Å². The van der Waals surface area contributed by atoms with Crippen LogP contribution >= 0.6 is 0 Å². The van der Waals surface area contributed by atoms with Gasteiger partial charge in [-0.25, -0.2) is 0 Å². The van der Waals surface area contributed by atoms with Gasteiger partial charge in [0.25, 0.3) is 0 Å². The van der Waals surface area contributed by atoms with Crippen molar-refractivity contribution < 1.29 is 9.90 Å². The van der Waals surface area contributed by atoms with Crippen molar-refractivity contribution in [1.82, 2.24) is 9.80 Å². The molecule has 4 rings (SSSR count). The summed E-state index contributed by atoms with van der Waals surface area (Å²) in [5.74, 6) is 2.25. The Kier molecular flexibility index (Phi) is 18.5. The summed E-state index contributed by atoms with van der Waals surface area (Å²) >= 11 is 0. The van der Waals surface area contributed by atoms with Crippen molar-refractivity contribution in [2.75, 3.05) is 33.3 Å². The maximum atomic E-state index is 10.8. The minimum Gasteiger partial charge on any atom is -0.392 e. The summed E-state index contributed by atoms with van der Waals surface area (Å²) in [7, 11) is 1.91. The van der Waals surface area contributed by atoms with Gasteiger partial charge in [-0.1, -0.05) is 90.8 Å². The van der Waals surface area contributed by atoms with Gasteiger partial charge in [-0.05, 0) is 90.0 Å². The molecule has 1 amide bonds.